The standard InChI is InChI=1S/C15H18N2O3S/c1-17(11-12-6-3-4-9-15(12)20-2)21(18,19)14-8-5-7-13(16)10-14/h3-10H,11,16H2,1-2H3. The predicted molar refractivity (Wildman–Crippen MR) is 82.5 cm³/mol. The fraction of sp³-hybridized carbons (Fsp3) is 0.200. The zero-order chi connectivity index (χ0) is 15.5. The maximum Gasteiger partial charge on any atom is 0.243 e. The Morgan fingerprint density at radius 3 is 2.52 bits per heavy atom. The van der Waals surface area contributed by atoms with Crippen LogP contribution in [0.5, 0.6) is 5.75 Å². The van der Waals surface area contributed by atoms with Crippen LogP contribution in [0, 0.1) is 0 Å². The zero-order valence-electron chi connectivity index (χ0n) is 12.0. The van der Waals surface area contributed by atoms with Gasteiger partial charge in [-0.25, -0.2) is 8.42 Å². The molecule has 0 spiro atoms. The summed E-state index contributed by atoms with van der Waals surface area (Å²) in [5.74, 6) is 0.659. The van der Waals surface area contributed by atoms with Crippen molar-refractivity contribution >= 4 is 15.7 Å². The van der Waals surface area contributed by atoms with Crippen molar-refractivity contribution in [3.63, 3.8) is 0 Å². The van der Waals surface area contributed by atoms with Gasteiger partial charge in [0.15, 0.2) is 0 Å². The van der Waals surface area contributed by atoms with E-state index in [0.29, 0.717) is 11.4 Å². The summed E-state index contributed by atoms with van der Waals surface area (Å²) in [5.41, 5.74) is 6.87. The molecule has 21 heavy (non-hydrogen) atoms. The van der Waals surface area contributed by atoms with Crippen molar-refractivity contribution in [2.75, 3.05) is 19.9 Å². The van der Waals surface area contributed by atoms with Crippen molar-refractivity contribution in [3.05, 3.63) is 54.1 Å². The van der Waals surface area contributed by atoms with Gasteiger partial charge in [-0.2, -0.15) is 4.31 Å². The second-order valence-electron chi connectivity index (χ2n) is 4.65. The first kappa shape index (κ1) is 15.3. The highest BCUT2D eigenvalue weighted by Crippen LogP contribution is 2.23. The van der Waals surface area contributed by atoms with Crippen LogP contribution in [-0.2, 0) is 16.6 Å². The van der Waals surface area contributed by atoms with Gasteiger partial charge in [-0.1, -0.05) is 24.3 Å². The molecule has 0 radical (unpaired) electrons. The summed E-state index contributed by atoms with van der Waals surface area (Å²) in [5, 5.41) is 0. The third-order valence-electron chi connectivity index (χ3n) is 3.15. The van der Waals surface area contributed by atoms with Gasteiger partial charge < -0.3 is 10.5 Å². The minimum absolute atomic E-state index is 0.180. The fourth-order valence-corrected chi connectivity index (χ4v) is 3.22. The van der Waals surface area contributed by atoms with Gasteiger partial charge in [-0.3, -0.25) is 0 Å². The van der Waals surface area contributed by atoms with Gasteiger partial charge in [0.05, 0.1) is 12.0 Å². The molecular weight excluding hydrogens is 288 g/mol. The Morgan fingerprint density at radius 2 is 1.86 bits per heavy atom. The lowest BCUT2D eigenvalue weighted by molar-refractivity contribution is 0.398. The summed E-state index contributed by atoms with van der Waals surface area (Å²) in [7, 11) is -0.493. The maximum absolute atomic E-state index is 12.5. The van der Waals surface area contributed by atoms with E-state index in [4.69, 9.17) is 10.5 Å². The molecule has 2 aromatic rings. The van der Waals surface area contributed by atoms with Crippen molar-refractivity contribution < 1.29 is 13.2 Å². The maximum atomic E-state index is 12.5. The van der Waals surface area contributed by atoms with E-state index in [2.05, 4.69) is 0 Å². The molecule has 0 bridgehead atoms. The molecule has 0 aliphatic carbocycles. The molecule has 0 aliphatic heterocycles. The Balaban J connectivity index is 2.29. The molecule has 0 aliphatic rings. The van der Waals surface area contributed by atoms with Crippen LogP contribution in [0.15, 0.2) is 53.4 Å². The van der Waals surface area contributed by atoms with Gasteiger partial charge in [0.25, 0.3) is 0 Å². The smallest absolute Gasteiger partial charge is 0.243 e. The van der Waals surface area contributed by atoms with Crippen LogP contribution in [0.25, 0.3) is 0 Å². The monoisotopic (exact) mass is 306 g/mol. The summed E-state index contributed by atoms with van der Waals surface area (Å²) < 4.78 is 31.6. The fourth-order valence-electron chi connectivity index (χ4n) is 2.01. The summed E-state index contributed by atoms with van der Waals surface area (Å²) in [6.07, 6.45) is 0. The van der Waals surface area contributed by atoms with E-state index in [9.17, 15) is 8.42 Å². The molecule has 6 heteroatoms. The van der Waals surface area contributed by atoms with Crippen LogP contribution >= 0.6 is 0 Å². The lowest BCUT2D eigenvalue weighted by Gasteiger charge is -2.19. The summed E-state index contributed by atoms with van der Waals surface area (Å²) in [4.78, 5) is 0.180. The van der Waals surface area contributed by atoms with Crippen LogP contribution in [0.1, 0.15) is 5.56 Å². The Hall–Kier alpha value is -2.05. The molecule has 0 fully saturated rings. The highest BCUT2D eigenvalue weighted by Gasteiger charge is 2.22. The number of hydrogen-bond acceptors (Lipinski definition) is 4. The first-order chi connectivity index (χ1) is 9.95. The molecule has 0 heterocycles. The lowest BCUT2D eigenvalue weighted by Crippen LogP contribution is -2.26. The summed E-state index contributed by atoms with van der Waals surface area (Å²) in [6.45, 7) is 0.223. The highest BCUT2D eigenvalue weighted by atomic mass is 32.2. The second-order valence-corrected chi connectivity index (χ2v) is 6.69. The molecule has 0 unspecified atom stereocenters. The number of anilines is 1. The molecule has 0 aromatic heterocycles. The summed E-state index contributed by atoms with van der Waals surface area (Å²) >= 11 is 0. The number of hydrogen-bond donors (Lipinski definition) is 1. The SMILES string of the molecule is COc1ccccc1CN(C)S(=O)(=O)c1cccc(N)c1. The number of ether oxygens (including phenoxy) is 1. The van der Waals surface area contributed by atoms with Crippen molar-refractivity contribution in [1.29, 1.82) is 0 Å². The summed E-state index contributed by atoms with van der Waals surface area (Å²) in [6, 6.07) is 13.6. The molecule has 0 saturated heterocycles. The minimum atomic E-state index is -3.59. The largest absolute Gasteiger partial charge is 0.496 e. The Morgan fingerprint density at radius 1 is 1.14 bits per heavy atom. The van der Waals surface area contributed by atoms with Gasteiger partial charge in [-0.15, -0.1) is 0 Å². The third kappa shape index (κ3) is 3.34. The molecule has 0 saturated carbocycles. The second kappa shape index (κ2) is 6.15. The molecule has 5 nitrogen and oxygen atoms in total. The van der Waals surface area contributed by atoms with Gasteiger partial charge >= 0.3 is 0 Å². The number of nitrogens with zero attached hydrogens (tertiary/aromatic N) is 1. The average Bonchev–Trinajstić information content (AvgIpc) is 2.47. The predicted octanol–water partition coefficient (Wildman–Crippen LogP) is 2.10. The number of benzene rings is 2. The van der Waals surface area contributed by atoms with Crippen LogP contribution in [0.3, 0.4) is 0 Å². The van der Waals surface area contributed by atoms with Crippen molar-refractivity contribution in [2.45, 2.75) is 11.4 Å². The van der Waals surface area contributed by atoms with Gasteiger partial charge in [0.1, 0.15) is 5.75 Å². The van der Waals surface area contributed by atoms with E-state index in [-0.39, 0.29) is 11.4 Å². The van der Waals surface area contributed by atoms with Crippen LogP contribution in [0.4, 0.5) is 5.69 Å². The molecule has 2 aromatic carbocycles. The Bertz CT molecular complexity index is 729. The number of rotatable bonds is 5. The van der Waals surface area contributed by atoms with E-state index >= 15 is 0 Å². The Kier molecular flexibility index (Phi) is 4.50. The number of para-hydroxylation sites is 1. The lowest BCUT2D eigenvalue weighted by atomic mass is 10.2. The van der Waals surface area contributed by atoms with E-state index < -0.39 is 10.0 Å². The molecule has 112 valence electrons. The Labute approximate surface area is 125 Å². The first-order valence-corrected chi connectivity index (χ1v) is 7.83. The van der Waals surface area contributed by atoms with Crippen molar-refractivity contribution in [3.8, 4) is 5.75 Å². The van der Waals surface area contributed by atoms with Gasteiger partial charge in [-0.05, 0) is 24.3 Å². The van der Waals surface area contributed by atoms with E-state index in [0.717, 1.165) is 5.56 Å². The number of sulfonamides is 1. The first-order valence-electron chi connectivity index (χ1n) is 6.39. The topological polar surface area (TPSA) is 72.6 Å². The van der Waals surface area contributed by atoms with Gasteiger partial charge in [0, 0.05) is 24.8 Å². The number of methoxy groups -OCH3 is 1. The van der Waals surface area contributed by atoms with Crippen LogP contribution in [0.2, 0.25) is 0 Å². The molecule has 2 rings (SSSR count). The third-order valence-corrected chi connectivity index (χ3v) is 4.95. The number of nitrogen functional groups attached to an aromatic ring is 1. The minimum Gasteiger partial charge on any atom is -0.496 e. The zero-order valence-corrected chi connectivity index (χ0v) is 12.8. The van der Waals surface area contributed by atoms with Crippen molar-refractivity contribution in [2.24, 2.45) is 0 Å². The van der Waals surface area contributed by atoms with Gasteiger partial charge in [0.2, 0.25) is 10.0 Å². The quantitative estimate of drug-likeness (QED) is 0.859. The van der Waals surface area contributed by atoms with Crippen LogP contribution in [-0.4, -0.2) is 26.9 Å². The molecular formula is C15H18N2O3S. The molecule has 2 N–H and O–H groups in total. The van der Waals surface area contributed by atoms with Crippen molar-refractivity contribution in [1.82, 2.24) is 4.31 Å². The average molecular weight is 306 g/mol. The van der Waals surface area contributed by atoms with E-state index in [1.54, 1.807) is 25.3 Å². The normalized spacial score (nSPS) is 11.6. The number of nitrogens with two attached hydrogens (primary N) is 1. The van der Waals surface area contributed by atoms with E-state index in [1.165, 1.54) is 23.5 Å². The van der Waals surface area contributed by atoms with Crippen LogP contribution < -0.4 is 10.5 Å². The molecule has 0 atom stereocenters. The highest BCUT2D eigenvalue weighted by molar-refractivity contribution is 7.89. The van der Waals surface area contributed by atoms with E-state index in [1.807, 2.05) is 18.2 Å². The molecule has 0 amide bonds.